The zero-order chi connectivity index (χ0) is 19.3. The first kappa shape index (κ1) is 19.2. The first-order valence-corrected chi connectivity index (χ1v) is 8.44. The molecule has 0 aliphatic heterocycles. The molecule has 0 saturated carbocycles. The number of hydrogen-bond acceptors (Lipinski definition) is 2. The minimum atomic E-state index is -10.3. The highest BCUT2D eigenvalue weighted by molar-refractivity contribution is 8.45. The van der Waals surface area contributed by atoms with Gasteiger partial charge in [0.25, 0.3) is 0 Å². The van der Waals surface area contributed by atoms with E-state index < -0.39 is 44.3 Å². The van der Waals surface area contributed by atoms with Crippen molar-refractivity contribution < 1.29 is 32.6 Å². The summed E-state index contributed by atoms with van der Waals surface area (Å²) in [5.41, 5.74) is -1.97. The molecule has 0 bridgehead atoms. The Hall–Kier alpha value is -2.11. The number of benzene rings is 1. The molecule has 3 nitrogen and oxygen atoms in total. The van der Waals surface area contributed by atoms with Crippen molar-refractivity contribution in [1.29, 1.82) is 0 Å². The summed E-state index contributed by atoms with van der Waals surface area (Å²) in [6, 6.07) is -0.410. The van der Waals surface area contributed by atoms with Gasteiger partial charge in [0.05, 0.1) is 5.56 Å². The molecule has 140 valence electrons. The van der Waals surface area contributed by atoms with Gasteiger partial charge in [-0.15, -0.1) is 5.10 Å². The van der Waals surface area contributed by atoms with Crippen molar-refractivity contribution in [3.05, 3.63) is 35.7 Å². The van der Waals surface area contributed by atoms with Gasteiger partial charge in [0.15, 0.2) is 5.82 Å². The molecule has 1 aromatic heterocycles. The highest BCUT2D eigenvalue weighted by atomic mass is 32.5. The Balaban J connectivity index is 2.71. The van der Waals surface area contributed by atoms with Crippen LogP contribution in [0.15, 0.2) is 35.0 Å². The lowest BCUT2D eigenvalue weighted by Gasteiger charge is -2.40. The van der Waals surface area contributed by atoms with E-state index in [1.807, 2.05) is 0 Å². The lowest BCUT2D eigenvalue weighted by molar-refractivity contribution is -0.137. The standard InChI is InChI=1S/C13H11F8N3S/c1-8(2)6-24-7-22-12(23-24)9-3-10(13(14,15)16)5-11(4-9)25(17,18,19,20)21/h3-7H,1-2H3. The van der Waals surface area contributed by atoms with Gasteiger partial charge in [-0.05, 0) is 32.0 Å². The molecule has 0 aliphatic rings. The first-order chi connectivity index (χ1) is 11.0. The van der Waals surface area contributed by atoms with Gasteiger partial charge in [0.1, 0.15) is 11.2 Å². The highest BCUT2D eigenvalue weighted by Crippen LogP contribution is 3.02. The van der Waals surface area contributed by atoms with E-state index in [-0.39, 0.29) is 12.1 Å². The maximum atomic E-state index is 13.0. The van der Waals surface area contributed by atoms with E-state index in [0.717, 1.165) is 11.0 Å². The summed E-state index contributed by atoms with van der Waals surface area (Å²) in [7, 11) is -10.3. The Morgan fingerprint density at radius 2 is 1.64 bits per heavy atom. The summed E-state index contributed by atoms with van der Waals surface area (Å²) in [6.07, 6.45) is -2.83. The van der Waals surface area contributed by atoms with Gasteiger partial charge < -0.3 is 0 Å². The van der Waals surface area contributed by atoms with Crippen molar-refractivity contribution in [1.82, 2.24) is 14.8 Å². The average molecular weight is 393 g/mol. The molecule has 0 N–H and O–H groups in total. The Bertz CT molecular complexity index is 845. The summed E-state index contributed by atoms with van der Waals surface area (Å²) in [5.74, 6) is -0.549. The average Bonchev–Trinajstić information content (AvgIpc) is 2.82. The number of aromatic nitrogens is 3. The predicted molar refractivity (Wildman–Crippen MR) is 77.5 cm³/mol. The minimum Gasteiger partial charge on any atom is -0.228 e. The molecular weight excluding hydrogens is 382 g/mol. The first-order valence-electron chi connectivity index (χ1n) is 6.49. The second-order valence-corrected chi connectivity index (χ2v) is 7.88. The van der Waals surface area contributed by atoms with Crippen molar-refractivity contribution >= 4 is 16.4 Å². The van der Waals surface area contributed by atoms with E-state index >= 15 is 0 Å². The van der Waals surface area contributed by atoms with Crippen LogP contribution >= 0.6 is 10.2 Å². The lowest BCUT2D eigenvalue weighted by atomic mass is 10.1. The minimum absolute atomic E-state index is 0.0843. The fourth-order valence-corrected chi connectivity index (χ4v) is 2.55. The van der Waals surface area contributed by atoms with Crippen LogP contribution in [0.1, 0.15) is 19.4 Å². The third-order valence-electron chi connectivity index (χ3n) is 2.84. The van der Waals surface area contributed by atoms with Gasteiger partial charge in [-0.1, -0.05) is 25.0 Å². The highest BCUT2D eigenvalue weighted by Gasteiger charge is 2.66. The van der Waals surface area contributed by atoms with Crippen LogP contribution in [-0.2, 0) is 6.18 Å². The molecule has 12 heteroatoms. The van der Waals surface area contributed by atoms with Crippen LogP contribution < -0.4 is 0 Å². The summed E-state index contributed by atoms with van der Waals surface area (Å²) >= 11 is 0. The predicted octanol–water partition coefficient (Wildman–Crippen LogP) is 6.50. The van der Waals surface area contributed by atoms with E-state index in [9.17, 15) is 32.6 Å². The fraction of sp³-hybridized carbons (Fsp3) is 0.231. The Kier molecular flexibility index (Phi) is 3.81. The molecule has 0 saturated heterocycles. The fourth-order valence-electron chi connectivity index (χ4n) is 1.85. The largest absolute Gasteiger partial charge is 0.416 e. The number of hydrogen-bond donors (Lipinski definition) is 0. The monoisotopic (exact) mass is 393 g/mol. The van der Waals surface area contributed by atoms with Crippen LogP contribution in [0.4, 0.5) is 32.6 Å². The van der Waals surface area contributed by atoms with Crippen LogP contribution in [0, 0.1) is 0 Å². The van der Waals surface area contributed by atoms with Gasteiger partial charge >= 0.3 is 16.4 Å². The number of halogens is 8. The topological polar surface area (TPSA) is 30.7 Å². The van der Waals surface area contributed by atoms with Crippen LogP contribution in [0.3, 0.4) is 0 Å². The third kappa shape index (κ3) is 4.71. The maximum absolute atomic E-state index is 13.0. The molecule has 0 unspecified atom stereocenters. The van der Waals surface area contributed by atoms with Crippen LogP contribution in [0.2, 0.25) is 0 Å². The van der Waals surface area contributed by atoms with Gasteiger partial charge in [-0.25, -0.2) is 9.67 Å². The lowest BCUT2D eigenvalue weighted by Crippen LogP contribution is -2.11. The van der Waals surface area contributed by atoms with Crippen molar-refractivity contribution in [2.75, 3.05) is 0 Å². The summed E-state index contributed by atoms with van der Waals surface area (Å²) in [4.78, 5) is 0.922. The summed E-state index contributed by atoms with van der Waals surface area (Å²) in [6.45, 7) is 3.33. The SMILES string of the molecule is CC(C)=Cn1cnc(-c2cc(C(F)(F)F)cc(S(F)(F)(F)(F)F)c2)n1. The molecule has 0 amide bonds. The molecule has 0 radical (unpaired) electrons. The molecule has 1 aromatic carbocycles. The molecule has 0 atom stereocenters. The number of rotatable bonds is 3. The smallest absolute Gasteiger partial charge is 0.228 e. The molecular formula is C13H11F8N3S. The Morgan fingerprint density at radius 3 is 2.12 bits per heavy atom. The van der Waals surface area contributed by atoms with Gasteiger partial charge in [-0.2, -0.15) is 13.2 Å². The molecule has 2 rings (SSSR count). The van der Waals surface area contributed by atoms with Crippen LogP contribution in [0.5, 0.6) is 0 Å². The van der Waals surface area contributed by atoms with Crippen LogP contribution in [0.25, 0.3) is 17.6 Å². The molecule has 2 aromatic rings. The van der Waals surface area contributed by atoms with Crippen LogP contribution in [-0.4, -0.2) is 14.8 Å². The Morgan fingerprint density at radius 1 is 1.04 bits per heavy atom. The summed E-state index contributed by atoms with van der Waals surface area (Å²) in [5, 5.41) is 3.68. The van der Waals surface area contributed by atoms with Crippen molar-refractivity contribution in [3.63, 3.8) is 0 Å². The maximum Gasteiger partial charge on any atom is 0.416 e. The number of allylic oxidation sites excluding steroid dienone is 1. The second-order valence-electron chi connectivity index (χ2n) is 5.47. The van der Waals surface area contributed by atoms with Gasteiger partial charge in [-0.3, -0.25) is 0 Å². The quantitative estimate of drug-likeness (QED) is 0.557. The van der Waals surface area contributed by atoms with E-state index in [1.54, 1.807) is 13.8 Å². The zero-order valence-electron chi connectivity index (χ0n) is 12.7. The number of alkyl halides is 3. The molecule has 0 aliphatic carbocycles. The van der Waals surface area contributed by atoms with Gasteiger partial charge in [0, 0.05) is 11.8 Å². The molecule has 0 spiro atoms. The zero-order valence-corrected chi connectivity index (χ0v) is 13.5. The number of nitrogens with zero attached hydrogens (tertiary/aromatic N) is 3. The van der Waals surface area contributed by atoms with E-state index in [2.05, 4.69) is 10.1 Å². The second kappa shape index (κ2) is 4.96. The van der Waals surface area contributed by atoms with Gasteiger partial charge in [0.2, 0.25) is 0 Å². The van der Waals surface area contributed by atoms with Crippen molar-refractivity contribution in [2.45, 2.75) is 24.9 Å². The molecule has 1 heterocycles. The van der Waals surface area contributed by atoms with E-state index in [1.165, 1.54) is 6.20 Å². The molecule has 25 heavy (non-hydrogen) atoms. The molecule has 0 fully saturated rings. The third-order valence-corrected chi connectivity index (χ3v) is 3.96. The van der Waals surface area contributed by atoms with Crippen molar-refractivity contribution in [3.8, 4) is 11.4 Å². The summed E-state index contributed by atoms with van der Waals surface area (Å²) < 4.78 is 104. The van der Waals surface area contributed by atoms with Crippen molar-refractivity contribution in [2.24, 2.45) is 0 Å². The van der Waals surface area contributed by atoms with E-state index in [0.29, 0.717) is 5.57 Å². The van der Waals surface area contributed by atoms with E-state index in [4.69, 9.17) is 0 Å². The normalized spacial score (nSPS) is 15.4. The Labute approximate surface area is 136 Å².